The van der Waals surface area contributed by atoms with Crippen LogP contribution in [0.1, 0.15) is 31.4 Å². The van der Waals surface area contributed by atoms with Crippen molar-refractivity contribution in [3.8, 4) is 11.5 Å². The van der Waals surface area contributed by atoms with E-state index >= 15 is 0 Å². The molecule has 1 N–H and O–H groups in total. The number of methoxy groups -OCH3 is 2. The van der Waals surface area contributed by atoms with Crippen LogP contribution in [0, 0.1) is 0 Å². The lowest BCUT2D eigenvalue weighted by atomic mass is 9.96. The number of morpholine rings is 1. The number of carbonyl (C=O) groups excluding carboxylic acids is 1. The second-order valence-electron chi connectivity index (χ2n) is 5.57. The summed E-state index contributed by atoms with van der Waals surface area (Å²) >= 11 is 0. The molecule has 2 unspecified atom stereocenters. The van der Waals surface area contributed by atoms with Crippen molar-refractivity contribution < 1.29 is 28.9 Å². The highest BCUT2D eigenvalue weighted by Crippen LogP contribution is 2.36. The number of carbonyl (C=O) groups is 2. The van der Waals surface area contributed by atoms with E-state index in [9.17, 15) is 14.7 Å². The van der Waals surface area contributed by atoms with Crippen LogP contribution >= 0.6 is 0 Å². The normalized spacial score (nSPS) is 20.8. The molecular formula is C17H23NO6. The molecule has 0 radical (unpaired) electrons. The number of carboxylic acids is 1. The van der Waals surface area contributed by atoms with Crippen LogP contribution in [0.5, 0.6) is 11.5 Å². The average molecular weight is 337 g/mol. The van der Waals surface area contributed by atoms with Crippen molar-refractivity contribution in [2.45, 2.75) is 31.9 Å². The Morgan fingerprint density at radius 2 is 2.04 bits per heavy atom. The first-order valence-corrected chi connectivity index (χ1v) is 7.89. The number of unbranched alkanes of at least 4 members (excludes halogenated alkanes) is 1. The second-order valence-corrected chi connectivity index (χ2v) is 5.57. The Morgan fingerprint density at radius 1 is 1.33 bits per heavy atom. The maximum absolute atomic E-state index is 12.3. The Balaban J connectivity index is 2.44. The van der Waals surface area contributed by atoms with Gasteiger partial charge in [0.25, 0.3) is 0 Å². The fourth-order valence-electron chi connectivity index (χ4n) is 2.84. The van der Waals surface area contributed by atoms with E-state index in [2.05, 4.69) is 0 Å². The Morgan fingerprint density at radius 3 is 2.62 bits per heavy atom. The van der Waals surface area contributed by atoms with Gasteiger partial charge in [-0.1, -0.05) is 19.4 Å². The van der Waals surface area contributed by atoms with E-state index in [1.807, 2.05) is 6.92 Å². The third-order valence-corrected chi connectivity index (χ3v) is 4.07. The molecule has 0 aliphatic carbocycles. The minimum absolute atomic E-state index is 0.208. The van der Waals surface area contributed by atoms with Crippen LogP contribution in [0.2, 0.25) is 0 Å². The fourth-order valence-corrected chi connectivity index (χ4v) is 2.84. The number of aliphatic carboxylic acids is 1. The van der Waals surface area contributed by atoms with Crippen molar-refractivity contribution in [3.63, 3.8) is 0 Å². The third-order valence-electron chi connectivity index (χ3n) is 4.07. The van der Waals surface area contributed by atoms with Gasteiger partial charge in [0.1, 0.15) is 6.61 Å². The quantitative estimate of drug-likeness (QED) is 0.817. The molecule has 1 aromatic rings. The third kappa shape index (κ3) is 3.62. The summed E-state index contributed by atoms with van der Waals surface area (Å²) < 4.78 is 15.8. The topological polar surface area (TPSA) is 85.3 Å². The lowest BCUT2D eigenvalue weighted by molar-refractivity contribution is -0.173. The lowest BCUT2D eigenvalue weighted by Gasteiger charge is -2.39. The number of carboxylic acid groups (broad SMARTS) is 1. The van der Waals surface area contributed by atoms with Gasteiger partial charge >= 0.3 is 5.97 Å². The summed E-state index contributed by atoms with van der Waals surface area (Å²) in [5.41, 5.74) is 0.643. The summed E-state index contributed by atoms with van der Waals surface area (Å²) in [6, 6.07) is 4.43. The predicted molar refractivity (Wildman–Crippen MR) is 86.3 cm³/mol. The Hall–Kier alpha value is -2.28. The zero-order valence-corrected chi connectivity index (χ0v) is 14.2. The smallest absolute Gasteiger partial charge is 0.335 e. The summed E-state index contributed by atoms with van der Waals surface area (Å²) in [6.45, 7) is 2.29. The van der Waals surface area contributed by atoms with Gasteiger partial charge in [0.15, 0.2) is 17.6 Å². The Bertz CT molecular complexity index is 603. The van der Waals surface area contributed by atoms with Gasteiger partial charge in [-0.05, 0) is 24.1 Å². The molecule has 132 valence electrons. The van der Waals surface area contributed by atoms with Gasteiger partial charge in [-0.3, -0.25) is 4.79 Å². The molecule has 1 heterocycles. The molecule has 1 amide bonds. The molecule has 1 saturated heterocycles. The number of hydrogen-bond donors (Lipinski definition) is 1. The van der Waals surface area contributed by atoms with Crippen LogP contribution in [-0.4, -0.2) is 55.4 Å². The van der Waals surface area contributed by atoms with Crippen LogP contribution in [0.4, 0.5) is 0 Å². The fraction of sp³-hybridized carbons (Fsp3) is 0.529. The second kappa shape index (κ2) is 8.01. The van der Waals surface area contributed by atoms with Crippen LogP contribution in [0.3, 0.4) is 0 Å². The van der Waals surface area contributed by atoms with Gasteiger partial charge in [-0.25, -0.2) is 4.79 Å². The van der Waals surface area contributed by atoms with Crippen LogP contribution in [0.15, 0.2) is 18.2 Å². The number of ether oxygens (including phenoxy) is 3. The number of benzene rings is 1. The Labute approximate surface area is 141 Å². The van der Waals surface area contributed by atoms with E-state index in [1.54, 1.807) is 23.1 Å². The van der Waals surface area contributed by atoms with Crippen molar-refractivity contribution in [1.29, 1.82) is 0 Å². The molecule has 24 heavy (non-hydrogen) atoms. The molecule has 7 nitrogen and oxygen atoms in total. The van der Waals surface area contributed by atoms with Crippen LogP contribution in [-0.2, 0) is 14.3 Å². The maximum Gasteiger partial charge on any atom is 0.335 e. The summed E-state index contributed by atoms with van der Waals surface area (Å²) in [5.74, 6) is -0.284. The molecule has 0 aromatic heterocycles. The molecule has 0 saturated carbocycles. The van der Waals surface area contributed by atoms with E-state index in [1.165, 1.54) is 14.2 Å². The van der Waals surface area contributed by atoms with Gasteiger partial charge in [0.2, 0.25) is 5.91 Å². The summed E-state index contributed by atoms with van der Waals surface area (Å²) in [5, 5.41) is 9.51. The highest BCUT2D eigenvalue weighted by molar-refractivity contribution is 5.83. The highest BCUT2D eigenvalue weighted by Gasteiger charge is 2.41. The zero-order chi connectivity index (χ0) is 17.7. The SMILES string of the molecule is CCCCN1C(=O)COC(C(=O)O)C1c1ccc(OC)c(OC)c1. The van der Waals surface area contributed by atoms with Crippen LogP contribution in [0.25, 0.3) is 0 Å². The molecule has 1 fully saturated rings. The minimum atomic E-state index is -1.11. The number of hydrogen-bond acceptors (Lipinski definition) is 5. The summed E-state index contributed by atoms with van der Waals surface area (Å²) in [4.78, 5) is 25.5. The van der Waals surface area contributed by atoms with E-state index in [4.69, 9.17) is 14.2 Å². The average Bonchev–Trinajstić information content (AvgIpc) is 2.59. The molecular weight excluding hydrogens is 314 g/mol. The van der Waals surface area contributed by atoms with Gasteiger partial charge in [0.05, 0.1) is 20.3 Å². The summed E-state index contributed by atoms with van der Waals surface area (Å²) in [6.07, 6.45) is 0.584. The summed E-state index contributed by atoms with van der Waals surface area (Å²) in [7, 11) is 3.03. The van der Waals surface area contributed by atoms with E-state index in [0.29, 0.717) is 23.6 Å². The van der Waals surface area contributed by atoms with Crippen molar-refractivity contribution in [2.24, 2.45) is 0 Å². The first-order chi connectivity index (χ1) is 11.5. The highest BCUT2D eigenvalue weighted by atomic mass is 16.5. The molecule has 0 bridgehead atoms. The molecule has 2 atom stereocenters. The first kappa shape index (κ1) is 18.1. The molecule has 7 heteroatoms. The van der Waals surface area contributed by atoms with Crippen molar-refractivity contribution in [3.05, 3.63) is 23.8 Å². The maximum atomic E-state index is 12.3. The van der Waals surface area contributed by atoms with Gasteiger partial charge in [0, 0.05) is 6.54 Å². The van der Waals surface area contributed by atoms with Crippen molar-refractivity contribution in [2.75, 3.05) is 27.4 Å². The predicted octanol–water partition coefficient (Wildman–Crippen LogP) is 1.86. The van der Waals surface area contributed by atoms with Crippen molar-refractivity contribution in [1.82, 2.24) is 4.90 Å². The number of rotatable bonds is 7. The Kier molecular flexibility index (Phi) is 6.03. The van der Waals surface area contributed by atoms with Crippen molar-refractivity contribution >= 4 is 11.9 Å². The number of amides is 1. The zero-order valence-electron chi connectivity index (χ0n) is 14.2. The number of nitrogens with zero attached hydrogens (tertiary/aromatic N) is 1. The molecule has 2 rings (SSSR count). The lowest BCUT2D eigenvalue weighted by Crippen LogP contribution is -2.52. The first-order valence-electron chi connectivity index (χ1n) is 7.89. The van der Waals surface area contributed by atoms with Gasteiger partial charge in [-0.2, -0.15) is 0 Å². The van der Waals surface area contributed by atoms with E-state index in [0.717, 1.165) is 12.8 Å². The molecule has 0 spiro atoms. The molecule has 1 aliphatic heterocycles. The van der Waals surface area contributed by atoms with E-state index < -0.39 is 18.1 Å². The van der Waals surface area contributed by atoms with Gasteiger partial charge < -0.3 is 24.2 Å². The monoisotopic (exact) mass is 337 g/mol. The van der Waals surface area contributed by atoms with Crippen LogP contribution < -0.4 is 9.47 Å². The van der Waals surface area contributed by atoms with Gasteiger partial charge in [-0.15, -0.1) is 0 Å². The van der Waals surface area contributed by atoms with E-state index in [-0.39, 0.29) is 12.5 Å². The minimum Gasteiger partial charge on any atom is -0.493 e. The standard InChI is InChI=1S/C17H23NO6/c1-4-5-8-18-14(19)10-24-16(17(20)21)15(18)11-6-7-12(22-2)13(9-11)23-3/h6-7,9,15-16H,4-5,8,10H2,1-3H3,(H,20,21). The molecule has 1 aliphatic rings. The molecule has 1 aromatic carbocycles. The largest absolute Gasteiger partial charge is 0.493 e.